The maximum absolute atomic E-state index is 5.81. The Morgan fingerprint density at radius 3 is 1.50 bits per heavy atom. The molecule has 20 heavy (non-hydrogen) atoms. The quantitative estimate of drug-likeness (QED) is 0.821. The molecule has 0 spiro atoms. The van der Waals surface area contributed by atoms with Gasteiger partial charge in [0.15, 0.2) is 0 Å². The lowest BCUT2D eigenvalue weighted by atomic mass is 10.0. The van der Waals surface area contributed by atoms with Crippen LogP contribution in [0.1, 0.15) is 11.1 Å². The minimum absolute atomic E-state index is 0.658. The lowest BCUT2D eigenvalue weighted by Gasteiger charge is -2.09. The number of ether oxygens (including phenoxy) is 2. The van der Waals surface area contributed by atoms with Crippen LogP contribution in [0.4, 0.5) is 11.4 Å². The Balaban J connectivity index is 2.08. The zero-order valence-electron chi connectivity index (χ0n) is 11.8. The van der Waals surface area contributed by atoms with Gasteiger partial charge < -0.3 is 20.9 Å². The fraction of sp³-hybridized carbons (Fsp3) is 0.250. The van der Waals surface area contributed by atoms with E-state index in [9.17, 15) is 0 Å². The molecule has 4 nitrogen and oxygen atoms in total. The number of anilines is 2. The van der Waals surface area contributed by atoms with E-state index in [4.69, 9.17) is 20.9 Å². The smallest absolute Gasteiger partial charge is 0.142 e. The van der Waals surface area contributed by atoms with E-state index in [-0.39, 0.29) is 0 Å². The first-order valence-corrected chi connectivity index (χ1v) is 6.49. The minimum Gasteiger partial charge on any atom is -0.495 e. The number of hydrogen-bond donors (Lipinski definition) is 2. The van der Waals surface area contributed by atoms with Crippen molar-refractivity contribution in [2.75, 3.05) is 25.7 Å². The molecule has 4 N–H and O–H groups in total. The van der Waals surface area contributed by atoms with Crippen molar-refractivity contribution >= 4 is 11.4 Å². The van der Waals surface area contributed by atoms with Crippen molar-refractivity contribution < 1.29 is 9.47 Å². The monoisotopic (exact) mass is 272 g/mol. The molecule has 0 amide bonds. The predicted molar refractivity (Wildman–Crippen MR) is 82.2 cm³/mol. The summed E-state index contributed by atoms with van der Waals surface area (Å²) in [5.41, 5.74) is 15.3. The summed E-state index contributed by atoms with van der Waals surface area (Å²) < 4.78 is 10.5. The van der Waals surface area contributed by atoms with Crippen LogP contribution in [0, 0.1) is 0 Å². The third-order valence-corrected chi connectivity index (χ3v) is 3.30. The molecule has 0 saturated heterocycles. The second-order valence-electron chi connectivity index (χ2n) is 4.65. The Morgan fingerprint density at radius 1 is 0.750 bits per heavy atom. The largest absolute Gasteiger partial charge is 0.495 e. The van der Waals surface area contributed by atoms with Gasteiger partial charge in [-0.25, -0.2) is 0 Å². The fourth-order valence-corrected chi connectivity index (χ4v) is 2.11. The van der Waals surface area contributed by atoms with E-state index in [1.165, 1.54) is 11.1 Å². The van der Waals surface area contributed by atoms with Gasteiger partial charge in [0.05, 0.1) is 25.6 Å². The molecule has 0 atom stereocenters. The van der Waals surface area contributed by atoms with Gasteiger partial charge in [0.2, 0.25) is 0 Å². The van der Waals surface area contributed by atoms with Gasteiger partial charge in [-0.2, -0.15) is 0 Å². The molecule has 106 valence electrons. The van der Waals surface area contributed by atoms with Crippen LogP contribution in [0.15, 0.2) is 36.4 Å². The first-order valence-electron chi connectivity index (χ1n) is 6.49. The standard InChI is InChI=1S/C16H20N2O2/c1-19-15-9-11(5-7-13(15)17)3-4-12-6-8-14(18)16(10-12)20-2/h5-10H,3-4,17-18H2,1-2H3. The molecule has 0 radical (unpaired) electrons. The van der Waals surface area contributed by atoms with Crippen LogP contribution in [-0.4, -0.2) is 14.2 Å². The summed E-state index contributed by atoms with van der Waals surface area (Å²) in [6.07, 6.45) is 1.81. The van der Waals surface area contributed by atoms with E-state index in [1.54, 1.807) is 14.2 Å². The summed E-state index contributed by atoms with van der Waals surface area (Å²) in [5.74, 6) is 1.44. The molecule has 0 unspecified atom stereocenters. The maximum atomic E-state index is 5.81. The molecule has 0 aliphatic carbocycles. The van der Waals surface area contributed by atoms with E-state index >= 15 is 0 Å². The lowest BCUT2D eigenvalue weighted by molar-refractivity contribution is 0.416. The first kappa shape index (κ1) is 14.1. The van der Waals surface area contributed by atoms with Gasteiger partial charge >= 0.3 is 0 Å². The molecule has 0 heterocycles. The molecule has 0 aliphatic rings. The van der Waals surface area contributed by atoms with Crippen LogP contribution in [-0.2, 0) is 12.8 Å². The third kappa shape index (κ3) is 3.15. The van der Waals surface area contributed by atoms with Crippen LogP contribution in [0.25, 0.3) is 0 Å². The van der Waals surface area contributed by atoms with Gasteiger partial charge in [-0.3, -0.25) is 0 Å². The number of hydrogen-bond acceptors (Lipinski definition) is 4. The minimum atomic E-state index is 0.658. The van der Waals surface area contributed by atoms with Gasteiger partial charge in [0.25, 0.3) is 0 Å². The van der Waals surface area contributed by atoms with Crippen molar-refractivity contribution in [2.45, 2.75) is 12.8 Å². The van der Waals surface area contributed by atoms with Gasteiger partial charge in [0, 0.05) is 0 Å². The van der Waals surface area contributed by atoms with Gasteiger partial charge in [-0.1, -0.05) is 12.1 Å². The van der Waals surface area contributed by atoms with Crippen molar-refractivity contribution in [1.29, 1.82) is 0 Å². The number of nitrogen functional groups attached to an aromatic ring is 2. The summed E-state index contributed by atoms with van der Waals surface area (Å²) in [7, 11) is 3.25. The number of rotatable bonds is 5. The topological polar surface area (TPSA) is 70.5 Å². The van der Waals surface area contributed by atoms with Crippen LogP contribution in [0.2, 0.25) is 0 Å². The summed E-state index contributed by atoms with van der Waals surface area (Å²) in [5, 5.41) is 0. The predicted octanol–water partition coefficient (Wildman–Crippen LogP) is 2.65. The summed E-state index contributed by atoms with van der Waals surface area (Å²) >= 11 is 0. The average Bonchev–Trinajstić information content (AvgIpc) is 2.47. The van der Waals surface area contributed by atoms with E-state index < -0.39 is 0 Å². The fourth-order valence-electron chi connectivity index (χ4n) is 2.11. The summed E-state index contributed by atoms with van der Waals surface area (Å²) in [4.78, 5) is 0. The normalized spacial score (nSPS) is 10.3. The second kappa shape index (κ2) is 6.19. The lowest BCUT2D eigenvalue weighted by Crippen LogP contribution is -1.97. The van der Waals surface area contributed by atoms with Crippen LogP contribution in [0.3, 0.4) is 0 Å². The molecular weight excluding hydrogens is 252 g/mol. The molecule has 0 aliphatic heterocycles. The number of nitrogens with two attached hydrogens (primary N) is 2. The van der Waals surface area contributed by atoms with Crippen LogP contribution >= 0.6 is 0 Å². The molecule has 0 fully saturated rings. The number of aryl methyl sites for hydroxylation is 2. The van der Waals surface area contributed by atoms with E-state index in [2.05, 4.69) is 0 Å². The summed E-state index contributed by atoms with van der Waals surface area (Å²) in [6.45, 7) is 0. The second-order valence-corrected chi connectivity index (χ2v) is 4.65. The molecule has 0 bridgehead atoms. The average molecular weight is 272 g/mol. The molecule has 2 rings (SSSR count). The van der Waals surface area contributed by atoms with Crippen molar-refractivity contribution in [2.24, 2.45) is 0 Å². The van der Waals surface area contributed by atoms with E-state index in [1.807, 2.05) is 36.4 Å². The third-order valence-electron chi connectivity index (χ3n) is 3.30. The Kier molecular flexibility index (Phi) is 4.35. The van der Waals surface area contributed by atoms with Gasteiger partial charge in [0.1, 0.15) is 11.5 Å². The Labute approximate surface area is 119 Å². The van der Waals surface area contributed by atoms with Crippen molar-refractivity contribution in [3.8, 4) is 11.5 Å². The Bertz CT molecular complexity index is 544. The highest BCUT2D eigenvalue weighted by molar-refractivity contribution is 5.55. The van der Waals surface area contributed by atoms with Crippen molar-refractivity contribution in [1.82, 2.24) is 0 Å². The highest BCUT2D eigenvalue weighted by atomic mass is 16.5. The highest BCUT2D eigenvalue weighted by Gasteiger charge is 2.04. The molecule has 2 aromatic carbocycles. The Hall–Kier alpha value is -2.36. The number of benzene rings is 2. The number of methoxy groups -OCH3 is 2. The SMILES string of the molecule is COc1cc(CCc2ccc(N)c(OC)c2)ccc1N. The maximum Gasteiger partial charge on any atom is 0.142 e. The zero-order valence-corrected chi connectivity index (χ0v) is 11.8. The molecule has 2 aromatic rings. The summed E-state index contributed by atoms with van der Waals surface area (Å²) in [6, 6.07) is 11.7. The highest BCUT2D eigenvalue weighted by Crippen LogP contribution is 2.25. The molecule has 0 saturated carbocycles. The molecule has 4 heteroatoms. The Morgan fingerprint density at radius 2 is 1.15 bits per heavy atom. The van der Waals surface area contributed by atoms with Crippen molar-refractivity contribution in [3.63, 3.8) is 0 Å². The van der Waals surface area contributed by atoms with Crippen LogP contribution in [0.5, 0.6) is 11.5 Å². The molecular formula is C16H20N2O2. The van der Waals surface area contributed by atoms with Crippen molar-refractivity contribution in [3.05, 3.63) is 47.5 Å². The van der Waals surface area contributed by atoms with Gasteiger partial charge in [-0.15, -0.1) is 0 Å². The molecule has 0 aromatic heterocycles. The zero-order chi connectivity index (χ0) is 14.5. The van der Waals surface area contributed by atoms with E-state index in [0.29, 0.717) is 11.4 Å². The first-order chi connectivity index (χ1) is 9.63. The van der Waals surface area contributed by atoms with E-state index in [0.717, 1.165) is 24.3 Å². The van der Waals surface area contributed by atoms with Crippen LogP contribution < -0.4 is 20.9 Å². The van der Waals surface area contributed by atoms with Gasteiger partial charge in [-0.05, 0) is 48.2 Å².